The number of rotatable bonds is 2. The van der Waals surface area contributed by atoms with E-state index in [4.69, 9.17) is 0 Å². The molecule has 1 aromatic carbocycles. The van der Waals surface area contributed by atoms with Gasteiger partial charge in [0.05, 0.1) is 0 Å². The summed E-state index contributed by atoms with van der Waals surface area (Å²) < 4.78 is 0. The predicted octanol–water partition coefficient (Wildman–Crippen LogP) is 5.57. The van der Waals surface area contributed by atoms with Crippen molar-refractivity contribution in [2.24, 2.45) is 16.7 Å². The van der Waals surface area contributed by atoms with Gasteiger partial charge in [0, 0.05) is 0 Å². The quantitative estimate of drug-likeness (QED) is 0.747. The largest absolute Gasteiger partial charge is 0.508 e. The molecule has 112 valence electrons. The zero-order chi connectivity index (χ0) is 15.3. The maximum atomic E-state index is 10.5. The van der Waals surface area contributed by atoms with Crippen molar-refractivity contribution in [1.29, 1.82) is 0 Å². The molecule has 0 bridgehead atoms. The van der Waals surface area contributed by atoms with Gasteiger partial charge in [0.15, 0.2) is 0 Å². The Morgan fingerprint density at radius 1 is 1.15 bits per heavy atom. The van der Waals surface area contributed by atoms with Gasteiger partial charge >= 0.3 is 0 Å². The lowest BCUT2D eigenvalue weighted by atomic mass is 9.61. The lowest BCUT2D eigenvalue weighted by molar-refractivity contribution is 0.0783. The van der Waals surface area contributed by atoms with Crippen LogP contribution in [0.2, 0.25) is 0 Å². The van der Waals surface area contributed by atoms with Crippen LogP contribution in [0.25, 0.3) is 0 Å². The van der Waals surface area contributed by atoms with E-state index in [1.807, 2.05) is 6.07 Å². The predicted molar refractivity (Wildman–Crippen MR) is 86.3 cm³/mol. The Balaban J connectivity index is 2.56. The topological polar surface area (TPSA) is 20.2 Å². The lowest BCUT2D eigenvalue weighted by Crippen LogP contribution is -2.35. The molecule has 1 aliphatic rings. The number of phenolic OH excluding ortho intramolecular Hbond substituents is 1. The molecule has 0 aromatic heterocycles. The van der Waals surface area contributed by atoms with Crippen LogP contribution < -0.4 is 0 Å². The van der Waals surface area contributed by atoms with Crippen molar-refractivity contribution < 1.29 is 5.11 Å². The highest BCUT2D eigenvalue weighted by Crippen LogP contribution is 2.64. The van der Waals surface area contributed by atoms with Crippen LogP contribution in [-0.4, -0.2) is 5.11 Å². The Kier molecular flexibility index (Phi) is 3.69. The fraction of sp³-hybridized carbons (Fsp3) is 0.684. The Morgan fingerprint density at radius 2 is 1.70 bits per heavy atom. The van der Waals surface area contributed by atoms with E-state index >= 15 is 0 Å². The van der Waals surface area contributed by atoms with Crippen LogP contribution in [0.1, 0.15) is 70.1 Å². The Morgan fingerprint density at radius 3 is 2.25 bits per heavy atom. The molecule has 0 spiro atoms. The number of aromatic hydroxyl groups is 1. The second-order valence-electron chi connectivity index (χ2n) is 7.68. The molecule has 1 N–H and O–H groups in total. The number of hydrogen-bond acceptors (Lipinski definition) is 1. The maximum absolute atomic E-state index is 10.5. The molecule has 0 radical (unpaired) electrons. The van der Waals surface area contributed by atoms with Gasteiger partial charge in [-0.3, -0.25) is 0 Å². The normalized spacial score (nSPS) is 32.5. The van der Waals surface area contributed by atoms with E-state index < -0.39 is 0 Å². The average Bonchev–Trinajstić information content (AvgIpc) is 2.55. The molecule has 1 heteroatoms. The Bertz CT molecular complexity index is 515. The molecule has 1 saturated carbocycles. The van der Waals surface area contributed by atoms with Crippen LogP contribution in [0, 0.1) is 30.6 Å². The highest BCUT2D eigenvalue weighted by Gasteiger charge is 2.55. The molecule has 0 saturated heterocycles. The molecule has 2 rings (SSSR count). The highest BCUT2D eigenvalue weighted by atomic mass is 16.3. The van der Waals surface area contributed by atoms with Gasteiger partial charge in [-0.2, -0.15) is 0 Å². The van der Waals surface area contributed by atoms with Crippen molar-refractivity contribution in [2.45, 2.75) is 67.2 Å². The third kappa shape index (κ3) is 1.98. The van der Waals surface area contributed by atoms with E-state index in [-0.39, 0.29) is 5.41 Å². The number of aryl methyl sites for hydroxylation is 2. The Hall–Kier alpha value is -0.980. The second-order valence-corrected chi connectivity index (χ2v) is 7.68. The standard InChI is InChI=1S/C19H30O/c1-8-19(7)16(11-14(4)18(19,5)6)15-9-12(2)13(3)10-17(15)20/h9-10,14,16,20H,8,11H2,1-7H3. The molecule has 3 unspecified atom stereocenters. The zero-order valence-corrected chi connectivity index (χ0v) is 14.2. The van der Waals surface area contributed by atoms with Crippen LogP contribution in [0.3, 0.4) is 0 Å². The third-order valence-electron chi connectivity index (χ3n) is 6.82. The highest BCUT2D eigenvalue weighted by molar-refractivity contribution is 5.44. The van der Waals surface area contributed by atoms with Crippen molar-refractivity contribution in [3.8, 4) is 5.75 Å². The summed E-state index contributed by atoms with van der Waals surface area (Å²) in [5.41, 5.74) is 4.17. The fourth-order valence-corrected chi connectivity index (χ4v) is 4.19. The van der Waals surface area contributed by atoms with Gasteiger partial charge in [0.2, 0.25) is 0 Å². The summed E-state index contributed by atoms with van der Waals surface area (Å²) in [6, 6.07) is 4.16. The summed E-state index contributed by atoms with van der Waals surface area (Å²) in [7, 11) is 0. The van der Waals surface area contributed by atoms with Gasteiger partial charge in [-0.25, -0.2) is 0 Å². The minimum atomic E-state index is 0.242. The summed E-state index contributed by atoms with van der Waals surface area (Å²) >= 11 is 0. The molecule has 1 nitrogen and oxygen atoms in total. The minimum Gasteiger partial charge on any atom is -0.508 e. The van der Waals surface area contributed by atoms with Crippen molar-refractivity contribution >= 4 is 0 Å². The molecule has 1 aliphatic carbocycles. The van der Waals surface area contributed by atoms with Gasteiger partial charge in [0.25, 0.3) is 0 Å². The van der Waals surface area contributed by atoms with Gasteiger partial charge < -0.3 is 5.11 Å². The van der Waals surface area contributed by atoms with Crippen molar-refractivity contribution in [3.63, 3.8) is 0 Å². The minimum absolute atomic E-state index is 0.242. The molecule has 3 atom stereocenters. The van der Waals surface area contributed by atoms with E-state index in [9.17, 15) is 5.11 Å². The van der Waals surface area contributed by atoms with E-state index in [0.29, 0.717) is 23.0 Å². The van der Waals surface area contributed by atoms with Gasteiger partial charge in [-0.05, 0) is 72.1 Å². The molecule has 0 aliphatic heterocycles. The van der Waals surface area contributed by atoms with Crippen LogP contribution in [0.5, 0.6) is 5.75 Å². The third-order valence-corrected chi connectivity index (χ3v) is 6.82. The van der Waals surface area contributed by atoms with Crippen molar-refractivity contribution in [2.75, 3.05) is 0 Å². The van der Waals surface area contributed by atoms with E-state index in [1.165, 1.54) is 17.5 Å². The fourth-order valence-electron chi connectivity index (χ4n) is 4.19. The molecular weight excluding hydrogens is 244 g/mol. The SMILES string of the molecule is CCC1(C)C(c2cc(C)c(C)cc2O)CC(C)C1(C)C. The van der Waals surface area contributed by atoms with Gasteiger partial charge in [-0.15, -0.1) is 0 Å². The van der Waals surface area contributed by atoms with E-state index in [2.05, 4.69) is 54.5 Å². The summed E-state index contributed by atoms with van der Waals surface area (Å²) in [5, 5.41) is 10.5. The first-order valence-electron chi connectivity index (χ1n) is 7.95. The van der Waals surface area contributed by atoms with Gasteiger partial charge in [-0.1, -0.05) is 40.7 Å². The van der Waals surface area contributed by atoms with Crippen LogP contribution in [0.15, 0.2) is 12.1 Å². The molecule has 1 fully saturated rings. The van der Waals surface area contributed by atoms with Crippen LogP contribution in [-0.2, 0) is 0 Å². The second kappa shape index (κ2) is 4.79. The molecule has 0 heterocycles. The monoisotopic (exact) mass is 274 g/mol. The van der Waals surface area contributed by atoms with Crippen molar-refractivity contribution in [1.82, 2.24) is 0 Å². The van der Waals surface area contributed by atoms with Crippen LogP contribution >= 0.6 is 0 Å². The number of phenols is 1. The Labute approximate surface area is 124 Å². The summed E-state index contributed by atoms with van der Waals surface area (Å²) in [6.45, 7) is 16.1. The lowest BCUT2D eigenvalue weighted by Gasteiger charge is -2.44. The van der Waals surface area contributed by atoms with Gasteiger partial charge in [0.1, 0.15) is 5.75 Å². The summed E-state index contributed by atoms with van der Waals surface area (Å²) in [5.74, 6) is 1.62. The summed E-state index contributed by atoms with van der Waals surface area (Å²) in [4.78, 5) is 0. The molecule has 20 heavy (non-hydrogen) atoms. The maximum Gasteiger partial charge on any atom is 0.119 e. The van der Waals surface area contributed by atoms with E-state index in [1.54, 1.807) is 0 Å². The summed E-state index contributed by atoms with van der Waals surface area (Å²) in [6.07, 6.45) is 2.33. The molecule has 1 aromatic rings. The average molecular weight is 274 g/mol. The molecular formula is C19H30O. The smallest absolute Gasteiger partial charge is 0.119 e. The number of benzene rings is 1. The first-order chi connectivity index (χ1) is 9.15. The van der Waals surface area contributed by atoms with Crippen molar-refractivity contribution in [3.05, 3.63) is 28.8 Å². The first kappa shape index (κ1) is 15.4. The molecule has 0 amide bonds. The van der Waals surface area contributed by atoms with Crippen LogP contribution in [0.4, 0.5) is 0 Å². The number of hydrogen-bond donors (Lipinski definition) is 1. The first-order valence-corrected chi connectivity index (χ1v) is 7.95. The van der Waals surface area contributed by atoms with E-state index in [0.717, 1.165) is 12.0 Å². The zero-order valence-electron chi connectivity index (χ0n) is 14.2.